The van der Waals surface area contributed by atoms with Crippen LogP contribution in [-0.4, -0.2) is 47.3 Å². The highest BCUT2D eigenvalue weighted by molar-refractivity contribution is 6.31. The maximum absolute atomic E-state index is 12.3. The fourth-order valence-corrected chi connectivity index (χ4v) is 2.53. The SMILES string of the molecule is O=C(Nc1cc(Cl)ccc1[N+](=O)[O-])c1ccc(N2CCOCC2)nn1. The standard InChI is InChI=1S/C15H14ClN5O4/c16-10-1-3-13(21(23)24)12(9-10)17-15(22)11-2-4-14(19-18-11)20-5-7-25-8-6-20/h1-4,9H,5-8H2,(H,17,22). The Bertz CT molecular complexity index is 793. The minimum atomic E-state index is -0.605. The molecule has 0 aliphatic carbocycles. The Hall–Kier alpha value is -2.78. The van der Waals surface area contributed by atoms with Crippen molar-refractivity contribution in [3.05, 3.63) is 51.2 Å². The maximum atomic E-state index is 12.3. The fraction of sp³-hybridized carbons (Fsp3) is 0.267. The van der Waals surface area contributed by atoms with Crippen LogP contribution in [0.4, 0.5) is 17.2 Å². The zero-order valence-corrected chi connectivity index (χ0v) is 13.8. The van der Waals surface area contributed by atoms with Crippen LogP contribution in [0.5, 0.6) is 0 Å². The lowest BCUT2D eigenvalue weighted by molar-refractivity contribution is -0.383. The van der Waals surface area contributed by atoms with Gasteiger partial charge in [0.25, 0.3) is 11.6 Å². The van der Waals surface area contributed by atoms with Crippen molar-refractivity contribution in [2.75, 3.05) is 36.5 Å². The van der Waals surface area contributed by atoms with Crippen molar-refractivity contribution in [2.24, 2.45) is 0 Å². The number of anilines is 2. The van der Waals surface area contributed by atoms with Crippen LogP contribution in [0.25, 0.3) is 0 Å². The lowest BCUT2D eigenvalue weighted by atomic mass is 10.2. The third-order valence-electron chi connectivity index (χ3n) is 3.62. The van der Waals surface area contributed by atoms with Crippen LogP contribution in [0, 0.1) is 10.1 Å². The average molecular weight is 364 g/mol. The van der Waals surface area contributed by atoms with Gasteiger partial charge in [0.15, 0.2) is 11.5 Å². The van der Waals surface area contributed by atoms with E-state index in [1.807, 2.05) is 4.90 Å². The van der Waals surface area contributed by atoms with Crippen LogP contribution in [0.15, 0.2) is 30.3 Å². The summed E-state index contributed by atoms with van der Waals surface area (Å²) in [5.41, 5.74) is -0.205. The highest BCUT2D eigenvalue weighted by Gasteiger charge is 2.19. The van der Waals surface area contributed by atoms with E-state index in [-0.39, 0.29) is 22.1 Å². The van der Waals surface area contributed by atoms with E-state index >= 15 is 0 Å². The predicted molar refractivity (Wildman–Crippen MR) is 91.1 cm³/mol. The molecule has 1 N–H and O–H groups in total. The van der Waals surface area contributed by atoms with Gasteiger partial charge in [-0.15, -0.1) is 10.2 Å². The van der Waals surface area contributed by atoms with Crippen molar-refractivity contribution in [1.82, 2.24) is 10.2 Å². The van der Waals surface area contributed by atoms with Crippen molar-refractivity contribution in [3.63, 3.8) is 0 Å². The zero-order chi connectivity index (χ0) is 17.8. The summed E-state index contributed by atoms with van der Waals surface area (Å²) in [5, 5.41) is 21.7. The molecule has 9 nitrogen and oxygen atoms in total. The summed E-state index contributed by atoms with van der Waals surface area (Å²) >= 11 is 5.84. The molecule has 2 aromatic rings. The molecule has 1 fully saturated rings. The number of morpholine rings is 1. The van der Waals surface area contributed by atoms with Gasteiger partial charge in [-0.05, 0) is 24.3 Å². The molecule has 0 atom stereocenters. The van der Waals surface area contributed by atoms with E-state index < -0.39 is 10.8 Å². The number of carbonyl (C=O) groups is 1. The van der Waals surface area contributed by atoms with Gasteiger partial charge in [-0.1, -0.05) is 11.6 Å². The zero-order valence-electron chi connectivity index (χ0n) is 13.0. The third kappa shape index (κ3) is 4.01. The summed E-state index contributed by atoms with van der Waals surface area (Å²) in [7, 11) is 0. The lowest BCUT2D eigenvalue weighted by Gasteiger charge is -2.27. The molecule has 25 heavy (non-hydrogen) atoms. The number of nitrogens with one attached hydrogen (secondary N) is 1. The predicted octanol–water partition coefficient (Wildman–Crippen LogP) is 2.13. The number of nitro benzene ring substituents is 1. The number of amides is 1. The Kier molecular flexibility index (Phi) is 5.05. The molecular formula is C15H14ClN5O4. The Labute approximate surface area is 147 Å². The van der Waals surface area contributed by atoms with Gasteiger partial charge >= 0.3 is 0 Å². The minimum Gasteiger partial charge on any atom is -0.378 e. The van der Waals surface area contributed by atoms with Gasteiger partial charge in [0, 0.05) is 24.2 Å². The van der Waals surface area contributed by atoms with Crippen molar-refractivity contribution in [1.29, 1.82) is 0 Å². The molecule has 0 radical (unpaired) electrons. The van der Waals surface area contributed by atoms with Gasteiger partial charge < -0.3 is 15.0 Å². The summed E-state index contributed by atoms with van der Waals surface area (Å²) in [5.74, 6) is 0.0416. The molecule has 1 aromatic heterocycles. The van der Waals surface area contributed by atoms with Gasteiger partial charge in [-0.3, -0.25) is 14.9 Å². The number of rotatable bonds is 4. The molecule has 10 heteroatoms. The molecular weight excluding hydrogens is 350 g/mol. The molecule has 1 aliphatic heterocycles. The van der Waals surface area contributed by atoms with Crippen molar-refractivity contribution in [2.45, 2.75) is 0 Å². The van der Waals surface area contributed by atoms with Crippen LogP contribution in [0.2, 0.25) is 5.02 Å². The van der Waals surface area contributed by atoms with Gasteiger partial charge in [-0.2, -0.15) is 0 Å². The maximum Gasteiger partial charge on any atom is 0.292 e. The Morgan fingerprint density at radius 3 is 2.64 bits per heavy atom. The highest BCUT2D eigenvalue weighted by Crippen LogP contribution is 2.28. The minimum absolute atomic E-state index is 0.00144. The molecule has 3 rings (SSSR count). The molecule has 0 bridgehead atoms. The number of benzene rings is 1. The molecule has 1 aromatic carbocycles. The molecule has 1 aliphatic rings. The number of hydrogen-bond donors (Lipinski definition) is 1. The van der Waals surface area contributed by atoms with Crippen LogP contribution in [0.1, 0.15) is 10.5 Å². The quantitative estimate of drug-likeness (QED) is 0.654. The topological polar surface area (TPSA) is 110 Å². The van der Waals surface area contributed by atoms with E-state index in [0.717, 1.165) is 0 Å². The lowest BCUT2D eigenvalue weighted by Crippen LogP contribution is -2.37. The first-order valence-corrected chi connectivity index (χ1v) is 7.84. The van der Waals surface area contributed by atoms with E-state index in [1.165, 1.54) is 24.3 Å². The van der Waals surface area contributed by atoms with Crippen molar-refractivity contribution in [3.8, 4) is 0 Å². The van der Waals surface area contributed by atoms with Gasteiger partial charge in [-0.25, -0.2) is 0 Å². The number of hydrogen-bond acceptors (Lipinski definition) is 7. The monoisotopic (exact) mass is 363 g/mol. The van der Waals surface area contributed by atoms with E-state index in [0.29, 0.717) is 32.1 Å². The largest absolute Gasteiger partial charge is 0.378 e. The van der Waals surface area contributed by atoms with Crippen molar-refractivity contribution < 1.29 is 14.5 Å². The number of nitro groups is 1. The molecule has 0 spiro atoms. The average Bonchev–Trinajstić information content (AvgIpc) is 2.62. The van der Waals surface area contributed by atoms with Crippen molar-refractivity contribution >= 4 is 34.7 Å². The van der Waals surface area contributed by atoms with E-state index in [1.54, 1.807) is 6.07 Å². The van der Waals surface area contributed by atoms with Crippen LogP contribution in [-0.2, 0) is 4.74 Å². The van der Waals surface area contributed by atoms with Gasteiger partial charge in [0.2, 0.25) is 0 Å². The molecule has 1 amide bonds. The van der Waals surface area contributed by atoms with Crippen LogP contribution >= 0.6 is 11.6 Å². The first-order valence-electron chi connectivity index (χ1n) is 7.46. The molecule has 1 saturated heterocycles. The number of nitrogens with zero attached hydrogens (tertiary/aromatic N) is 4. The molecule has 0 saturated carbocycles. The summed E-state index contributed by atoms with van der Waals surface area (Å²) < 4.78 is 5.27. The summed E-state index contributed by atoms with van der Waals surface area (Å²) in [4.78, 5) is 24.7. The second-order valence-electron chi connectivity index (χ2n) is 5.25. The first kappa shape index (κ1) is 17.1. The summed E-state index contributed by atoms with van der Waals surface area (Å²) in [6, 6.07) is 7.12. The van der Waals surface area contributed by atoms with E-state index in [9.17, 15) is 14.9 Å². The first-order chi connectivity index (χ1) is 12.0. The second-order valence-corrected chi connectivity index (χ2v) is 5.69. The highest BCUT2D eigenvalue weighted by atomic mass is 35.5. The van der Waals surface area contributed by atoms with E-state index in [2.05, 4.69) is 15.5 Å². The van der Waals surface area contributed by atoms with Crippen LogP contribution in [0.3, 0.4) is 0 Å². The van der Waals surface area contributed by atoms with Gasteiger partial charge in [0.1, 0.15) is 5.69 Å². The summed E-state index contributed by atoms with van der Waals surface area (Å²) in [6.45, 7) is 2.63. The number of aromatic nitrogens is 2. The Morgan fingerprint density at radius 2 is 2.00 bits per heavy atom. The Balaban J connectivity index is 1.75. The number of ether oxygens (including phenoxy) is 1. The molecule has 2 heterocycles. The van der Waals surface area contributed by atoms with E-state index in [4.69, 9.17) is 16.3 Å². The third-order valence-corrected chi connectivity index (χ3v) is 3.86. The van der Waals surface area contributed by atoms with Crippen LogP contribution < -0.4 is 10.2 Å². The molecule has 0 unspecified atom stereocenters. The second kappa shape index (κ2) is 7.41. The van der Waals surface area contributed by atoms with Gasteiger partial charge in [0.05, 0.1) is 18.1 Å². The fourth-order valence-electron chi connectivity index (χ4n) is 2.36. The molecule has 130 valence electrons. The number of halogens is 1. The smallest absolute Gasteiger partial charge is 0.292 e. The summed E-state index contributed by atoms with van der Waals surface area (Å²) in [6.07, 6.45) is 0. The Morgan fingerprint density at radius 1 is 1.24 bits per heavy atom. The number of carbonyl (C=O) groups excluding carboxylic acids is 1. The normalized spacial score (nSPS) is 14.2.